The van der Waals surface area contributed by atoms with Gasteiger partial charge in [-0.2, -0.15) is 0 Å². The number of thioether (sulfide) groups is 1. The van der Waals surface area contributed by atoms with Crippen LogP contribution in [0.25, 0.3) is 11.4 Å². The van der Waals surface area contributed by atoms with Crippen molar-refractivity contribution in [3.8, 4) is 11.4 Å². The van der Waals surface area contributed by atoms with Crippen LogP contribution in [0.4, 0.5) is 14.5 Å². The Hall–Kier alpha value is -2.74. The van der Waals surface area contributed by atoms with E-state index in [-0.39, 0.29) is 11.7 Å². The number of halogens is 2. The normalized spacial score (nSPS) is 10.6. The van der Waals surface area contributed by atoms with Crippen LogP contribution in [-0.2, 0) is 4.79 Å². The molecule has 0 bridgehead atoms. The number of amides is 1. The maximum Gasteiger partial charge on any atom is 0.234 e. The van der Waals surface area contributed by atoms with Crippen molar-refractivity contribution in [1.82, 2.24) is 15.2 Å². The van der Waals surface area contributed by atoms with E-state index in [1.807, 2.05) is 0 Å². The fourth-order valence-corrected chi connectivity index (χ4v) is 2.58. The molecule has 0 aliphatic rings. The number of aromatic nitrogens is 3. The molecule has 0 fully saturated rings. The van der Waals surface area contributed by atoms with Crippen LogP contribution in [0.15, 0.2) is 53.7 Å². The monoisotopic (exact) mass is 346 g/mol. The van der Waals surface area contributed by atoms with Gasteiger partial charge in [0.25, 0.3) is 0 Å². The molecule has 0 radical (unpaired) electrons. The summed E-state index contributed by atoms with van der Waals surface area (Å²) in [5.74, 6) is -0.813. The van der Waals surface area contributed by atoms with Crippen molar-refractivity contribution in [3.05, 3.63) is 60.2 Å². The molecule has 0 saturated heterocycles. The summed E-state index contributed by atoms with van der Waals surface area (Å²) in [7, 11) is 0. The highest BCUT2D eigenvalue weighted by atomic mass is 32.2. The summed E-state index contributed by atoms with van der Waals surface area (Å²) in [5, 5.41) is 9.48. The Morgan fingerprint density at radius 2 is 2.00 bits per heavy atom. The van der Waals surface area contributed by atoms with E-state index in [1.165, 1.54) is 24.3 Å². The van der Waals surface area contributed by atoms with Crippen molar-refractivity contribution in [3.63, 3.8) is 0 Å². The van der Waals surface area contributed by atoms with Crippen LogP contribution >= 0.6 is 11.8 Å². The lowest BCUT2D eigenvalue weighted by Crippen LogP contribution is -2.14. The van der Waals surface area contributed by atoms with E-state index < -0.39 is 11.6 Å². The van der Waals surface area contributed by atoms with Crippen molar-refractivity contribution >= 4 is 23.4 Å². The number of carbonyl (C=O) groups is 1. The van der Waals surface area contributed by atoms with Gasteiger partial charge >= 0.3 is 0 Å². The number of H-pyrrole nitrogens is 1. The minimum atomic E-state index is -0.427. The number of benzene rings is 2. The summed E-state index contributed by atoms with van der Waals surface area (Å²) in [5.41, 5.74) is 0.684. The first kappa shape index (κ1) is 16.1. The van der Waals surface area contributed by atoms with E-state index in [2.05, 4.69) is 20.5 Å². The average molecular weight is 346 g/mol. The first-order chi connectivity index (χ1) is 11.6. The second kappa shape index (κ2) is 7.22. The van der Waals surface area contributed by atoms with Gasteiger partial charge in [-0.25, -0.2) is 13.8 Å². The van der Waals surface area contributed by atoms with Gasteiger partial charge in [-0.05, 0) is 30.3 Å². The maximum atomic E-state index is 13.7. The Kier molecular flexibility index (Phi) is 4.85. The van der Waals surface area contributed by atoms with E-state index in [1.54, 1.807) is 24.3 Å². The average Bonchev–Trinajstić information content (AvgIpc) is 3.02. The summed E-state index contributed by atoms with van der Waals surface area (Å²) >= 11 is 1.09. The Morgan fingerprint density at radius 1 is 1.17 bits per heavy atom. The SMILES string of the molecule is O=C(CSc1n[nH]c(-c2ccccc2F)n1)Nc1cccc(F)c1. The molecule has 0 unspecified atom stereocenters. The topological polar surface area (TPSA) is 70.7 Å². The molecular weight excluding hydrogens is 334 g/mol. The molecule has 1 amide bonds. The Bertz CT molecular complexity index is 869. The van der Waals surface area contributed by atoms with Gasteiger partial charge < -0.3 is 5.32 Å². The molecule has 2 aromatic carbocycles. The van der Waals surface area contributed by atoms with Crippen LogP contribution in [0, 0.1) is 11.6 Å². The number of rotatable bonds is 5. The Labute approximate surface area is 140 Å². The van der Waals surface area contributed by atoms with Crippen LogP contribution in [0.3, 0.4) is 0 Å². The fraction of sp³-hybridized carbons (Fsp3) is 0.0625. The van der Waals surface area contributed by atoms with Gasteiger partial charge in [-0.1, -0.05) is 30.0 Å². The van der Waals surface area contributed by atoms with Crippen LogP contribution in [-0.4, -0.2) is 26.8 Å². The molecular formula is C16H12F2N4OS. The molecule has 1 aromatic heterocycles. The zero-order valence-corrected chi connectivity index (χ0v) is 13.1. The first-order valence-electron chi connectivity index (χ1n) is 6.97. The highest BCUT2D eigenvalue weighted by molar-refractivity contribution is 7.99. The minimum Gasteiger partial charge on any atom is -0.325 e. The van der Waals surface area contributed by atoms with Crippen molar-refractivity contribution in [2.45, 2.75) is 5.16 Å². The van der Waals surface area contributed by atoms with Crippen molar-refractivity contribution in [2.24, 2.45) is 0 Å². The molecule has 0 aliphatic heterocycles. The molecule has 2 N–H and O–H groups in total. The van der Waals surface area contributed by atoms with Gasteiger partial charge in [0.15, 0.2) is 5.82 Å². The van der Waals surface area contributed by atoms with Gasteiger partial charge in [0.2, 0.25) is 11.1 Å². The lowest BCUT2D eigenvalue weighted by Gasteiger charge is -2.03. The second-order valence-corrected chi connectivity index (χ2v) is 5.74. The molecule has 122 valence electrons. The third kappa shape index (κ3) is 3.96. The summed E-state index contributed by atoms with van der Waals surface area (Å²) in [6.07, 6.45) is 0. The number of hydrogen-bond acceptors (Lipinski definition) is 4. The second-order valence-electron chi connectivity index (χ2n) is 4.79. The van der Waals surface area contributed by atoms with Crippen LogP contribution in [0.2, 0.25) is 0 Å². The third-order valence-electron chi connectivity index (χ3n) is 3.03. The number of hydrogen-bond donors (Lipinski definition) is 2. The molecule has 5 nitrogen and oxygen atoms in total. The van der Waals surface area contributed by atoms with Crippen molar-refractivity contribution in [1.29, 1.82) is 0 Å². The number of anilines is 1. The molecule has 0 saturated carbocycles. The van der Waals surface area contributed by atoms with Crippen LogP contribution < -0.4 is 5.32 Å². The smallest absolute Gasteiger partial charge is 0.234 e. The van der Waals surface area contributed by atoms with E-state index in [0.29, 0.717) is 22.2 Å². The molecule has 1 heterocycles. The van der Waals surface area contributed by atoms with E-state index in [4.69, 9.17) is 0 Å². The van der Waals surface area contributed by atoms with Crippen LogP contribution in [0.1, 0.15) is 0 Å². The molecule has 0 atom stereocenters. The summed E-state index contributed by atoms with van der Waals surface area (Å²) in [6, 6.07) is 11.8. The summed E-state index contributed by atoms with van der Waals surface area (Å²) in [4.78, 5) is 16.0. The Morgan fingerprint density at radius 3 is 2.79 bits per heavy atom. The molecule has 3 rings (SSSR count). The largest absolute Gasteiger partial charge is 0.325 e. The first-order valence-corrected chi connectivity index (χ1v) is 7.96. The molecule has 3 aromatic rings. The summed E-state index contributed by atoms with van der Waals surface area (Å²) in [6.45, 7) is 0. The zero-order chi connectivity index (χ0) is 16.9. The predicted octanol–water partition coefficient (Wildman–Crippen LogP) is 3.48. The van der Waals surface area contributed by atoms with E-state index in [0.717, 1.165) is 11.8 Å². The van der Waals surface area contributed by atoms with Gasteiger partial charge in [-0.3, -0.25) is 9.89 Å². The zero-order valence-electron chi connectivity index (χ0n) is 12.3. The highest BCUT2D eigenvalue weighted by Gasteiger charge is 2.11. The van der Waals surface area contributed by atoms with Gasteiger partial charge in [0.05, 0.1) is 11.3 Å². The van der Waals surface area contributed by atoms with Crippen molar-refractivity contribution in [2.75, 3.05) is 11.1 Å². The van der Waals surface area contributed by atoms with E-state index in [9.17, 15) is 13.6 Å². The third-order valence-corrected chi connectivity index (χ3v) is 3.88. The predicted molar refractivity (Wildman–Crippen MR) is 87.5 cm³/mol. The van der Waals surface area contributed by atoms with E-state index >= 15 is 0 Å². The van der Waals surface area contributed by atoms with Crippen LogP contribution in [0.5, 0.6) is 0 Å². The fourth-order valence-electron chi connectivity index (χ4n) is 1.98. The number of nitrogens with one attached hydrogen (secondary N) is 2. The van der Waals surface area contributed by atoms with Gasteiger partial charge in [-0.15, -0.1) is 5.10 Å². The molecule has 8 heteroatoms. The molecule has 0 spiro atoms. The van der Waals surface area contributed by atoms with Gasteiger partial charge in [0.1, 0.15) is 11.6 Å². The highest BCUT2D eigenvalue weighted by Crippen LogP contribution is 2.21. The summed E-state index contributed by atoms with van der Waals surface area (Å²) < 4.78 is 26.7. The lowest BCUT2D eigenvalue weighted by atomic mass is 10.2. The molecule has 24 heavy (non-hydrogen) atoms. The number of carbonyl (C=O) groups excluding carboxylic acids is 1. The quantitative estimate of drug-likeness (QED) is 0.694. The molecule has 0 aliphatic carbocycles. The minimum absolute atomic E-state index is 0.0467. The lowest BCUT2D eigenvalue weighted by molar-refractivity contribution is -0.113. The number of aromatic amines is 1. The van der Waals surface area contributed by atoms with Crippen molar-refractivity contribution < 1.29 is 13.6 Å². The maximum absolute atomic E-state index is 13.7. The Balaban J connectivity index is 1.59. The number of nitrogens with zero attached hydrogens (tertiary/aromatic N) is 2. The standard InChI is InChI=1S/C16H12F2N4OS/c17-10-4-3-5-11(8-10)19-14(23)9-24-16-20-15(21-22-16)12-6-1-2-7-13(12)18/h1-8H,9H2,(H,19,23)(H,20,21,22). The van der Waals surface area contributed by atoms with Gasteiger partial charge in [0, 0.05) is 5.69 Å².